The number of rotatable bonds is 3. The van der Waals surface area contributed by atoms with E-state index in [1.807, 2.05) is 0 Å². The molecule has 62 valence electrons. The van der Waals surface area contributed by atoms with Gasteiger partial charge in [-0.2, -0.15) is 0 Å². The Labute approximate surface area is 68.6 Å². The molecule has 0 heterocycles. The van der Waals surface area contributed by atoms with E-state index in [2.05, 4.69) is 4.72 Å². The molecule has 7 heteroatoms. The van der Waals surface area contributed by atoms with E-state index in [9.17, 15) is 8.42 Å². The van der Waals surface area contributed by atoms with Gasteiger partial charge in [-0.15, -0.1) is 0 Å². The number of hydrogen-bond acceptors (Lipinski definition) is 3. The van der Waals surface area contributed by atoms with Gasteiger partial charge in [-0.25, -0.2) is 13.1 Å². The maximum Gasteiger partial charge on any atom is 0.229 e. The van der Waals surface area contributed by atoms with Crippen molar-refractivity contribution in [3.8, 4) is 0 Å². The van der Waals surface area contributed by atoms with Crippen molar-refractivity contribution in [1.82, 2.24) is 4.72 Å². The van der Waals surface area contributed by atoms with Gasteiger partial charge in [0.2, 0.25) is 10.0 Å². The molecule has 0 aliphatic carbocycles. The van der Waals surface area contributed by atoms with Crippen molar-refractivity contribution in [2.75, 3.05) is 6.54 Å². The summed E-state index contributed by atoms with van der Waals surface area (Å²) < 4.78 is 24.3. The van der Waals surface area contributed by atoms with E-state index in [0.717, 1.165) is 0 Å². The Kier molecular flexibility index (Phi) is 3.68. The van der Waals surface area contributed by atoms with Crippen molar-refractivity contribution < 1.29 is 13.5 Å². The first-order valence-electron chi connectivity index (χ1n) is 3.28. The van der Waals surface area contributed by atoms with Gasteiger partial charge in [-0.3, -0.25) is 0 Å². The topological polar surface area (TPSA) is 66.4 Å². The number of aliphatic hydroxyl groups is 1. The second-order valence-corrected chi connectivity index (χ2v) is 4.05. The molecule has 2 N–H and O–H groups in total. The summed E-state index contributed by atoms with van der Waals surface area (Å²) in [5.41, 5.74) is -0.175. The fourth-order valence-corrected chi connectivity index (χ4v) is 1.48. The zero-order valence-electron chi connectivity index (χ0n) is 6.88. The van der Waals surface area contributed by atoms with E-state index in [4.69, 9.17) is 5.11 Å². The Morgan fingerprint density at radius 3 is 2.27 bits per heavy atom. The maximum absolute atomic E-state index is 11.0. The van der Waals surface area contributed by atoms with Crippen LogP contribution in [-0.4, -0.2) is 35.8 Å². The van der Waals surface area contributed by atoms with E-state index < -0.39 is 10.0 Å². The molecule has 0 aliphatic heterocycles. The lowest BCUT2D eigenvalue weighted by Crippen LogP contribution is -2.25. The summed E-state index contributed by atoms with van der Waals surface area (Å²) in [5.74, 6) is 0. The van der Waals surface area contributed by atoms with Gasteiger partial charge in [0, 0.05) is 17.0 Å². The Bertz CT molecular complexity index is 255. The lowest BCUT2D eigenvalue weighted by Gasteiger charge is -2.04. The summed E-state index contributed by atoms with van der Waals surface area (Å²) in [4.78, 5) is -0.0284. The third-order valence-corrected chi connectivity index (χ3v) is 3.02. The molecule has 0 bridgehead atoms. The molecular weight excluding hydrogens is 164 g/mol. The van der Waals surface area contributed by atoms with Crippen molar-refractivity contribution in [2.45, 2.75) is 6.92 Å². The summed E-state index contributed by atoms with van der Waals surface area (Å²) in [6.45, 7) is 2.00. The molecule has 0 unspecified atom stereocenters. The van der Waals surface area contributed by atoms with E-state index >= 15 is 0 Å². The molecule has 0 atom stereocenters. The van der Waals surface area contributed by atoms with E-state index in [1.165, 1.54) is 15.7 Å². The van der Waals surface area contributed by atoms with Gasteiger partial charge < -0.3 is 5.11 Å². The quantitative estimate of drug-likeness (QED) is 0.380. The van der Waals surface area contributed by atoms with Crippen LogP contribution in [0.1, 0.15) is 6.92 Å². The molecular formula is C4H11B2NO3S. The molecule has 0 amide bonds. The van der Waals surface area contributed by atoms with Gasteiger partial charge in [-0.1, -0.05) is 6.92 Å². The highest BCUT2D eigenvalue weighted by molar-refractivity contribution is 7.95. The van der Waals surface area contributed by atoms with Gasteiger partial charge in [0.05, 0.1) is 0 Å². The molecule has 4 nitrogen and oxygen atoms in total. The van der Waals surface area contributed by atoms with Crippen LogP contribution >= 0.6 is 0 Å². The average molecular weight is 175 g/mol. The molecule has 0 saturated heterocycles. The Hall–Kier alpha value is -0.420. The molecule has 0 saturated carbocycles. The highest BCUT2D eigenvalue weighted by Gasteiger charge is 2.12. The van der Waals surface area contributed by atoms with Crippen molar-refractivity contribution in [2.24, 2.45) is 0 Å². The second kappa shape index (κ2) is 3.82. The highest BCUT2D eigenvalue weighted by Crippen LogP contribution is 2.00. The molecule has 0 fully saturated rings. The van der Waals surface area contributed by atoms with Gasteiger partial charge in [0.1, 0.15) is 0 Å². The van der Waals surface area contributed by atoms with E-state index in [1.54, 1.807) is 6.92 Å². The molecule has 0 aliphatic rings. The minimum absolute atomic E-state index is 0.0284. The largest absolute Gasteiger partial charge is 0.523 e. The minimum Gasteiger partial charge on any atom is -0.523 e. The van der Waals surface area contributed by atoms with Crippen molar-refractivity contribution in [3.63, 3.8) is 0 Å². The first-order chi connectivity index (χ1) is 4.91. The Morgan fingerprint density at radius 2 is 2.00 bits per heavy atom. The van der Waals surface area contributed by atoms with Gasteiger partial charge >= 0.3 is 0 Å². The molecule has 0 radical (unpaired) electrons. The number of aliphatic hydroxyl groups excluding tert-OH is 1. The standard InChI is InChI=1S/C4H11B2NO3S/c1-2-7-11(9,10)4(6)3(5)8/h7-8H,2,5-6H2,1H3/b4-3-. The van der Waals surface area contributed by atoms with Crippen LogP contribution in [0, 0.1) is 0 Å². The van der Waals surface area contributed by atoms with Crippen LogP contribution in [0.2, 0.25) is 0 Å². The van der Waals surface area contributed by atoms with Gasteiger partial charge in [-0.05, 0) is 0 Å². The number of hydrogen-bond donors (Lipinski definition) is 2. The lowest BCUT2D eigenvalue weighted by atomic mass is 9.99. The Morgan fingerprint density at radius 1 is 1.55 bits per heavy atom. The van der Waals surface area contributed by atoms with Crippen LogP contribution in [0.3, 0.4) is 0 Å². The van der Waals surface area contributed by atoms with E-state index in [0.29, 0.717) is 6.54 Å². The number of sulfonamides is 1. The SMILES string of the molecule is B/C(O)=C(\B)S(=O)(=O)NCC. The van der Waals surface area contributed by atoms with Crippen LogP contribution < -0.4 is 4.72 Å². The summed E-state index contributed by atoms with van der Waals surface area (Å²) >= 11 is 0. The second-order valence-electron chi connectivity index (χ2n) is 2.14. The van der Waals surface area contributed by atoms with Gasteiger partial charge in [0.25, 0.3) is 0 Å². The fourth-order valence-electron chi connectivity index (χ4n) is 0.493. The zero-order chi connectivity index (χ0) is 9.07. The van der Waals surface area contributed by atoms with Crippen LogP contribution in [-0.2, 0) is 10.0 Å². The molecule has 11 heavy (non-hydrogen) atoms. The monoisotopic (exact) mass is 175 g/mol. The van der Waals surface area contributed by atoms with Crippen molar-refractivity contribution >= 4 is 25.7 Å². The van der Waals surface area contributed by atoms with Crippen LogP contribution in [0.25, 0.3) is 0 Å². The molecule has 0 aromatic rings. The fraction of sp³-hybridized carbons (Fsp3) is 0.500. The third-order valence-electron chi connectivity index (χ3n) is 1.25. The highest BCUT2D eigenvalue weighted by atomic mass is 32.2. The number of nitrogens with one attached hydrogen (secondary N) is 1. The first-order valence-corrected chi connectivity index (χ1v) is 4.76. The zero-order valence-corrected chi connectivity index (χ0v) is 7.70. The third kappa shape index (κ3) is 2.98. The minimum atomic E-state index is -3.43. The summed E-state index contributed by atoms with van der Waals surface area (Å²) in [6, 6.07) is 0. The summed E-state index contributed by atoms with van der Waals surface area (Å²) in [7, 11) is -0.738. The lowest BCUT2D eigenvalue weighted by molar-refractivity contribution is 0.451. The molecule has 0 spiro atoms. The molecule has 0 aromatic heterocycles. The van der Waals surface area contributed by atoms with Crippen molar-refractivity contribution in [3.05, 3.63) is 10.5 Å². The van der Waals surface area contributed by atoms with Gasteiger partial charge in [0.15, 0.2) is 15.7 Å². The Balaban J connectivity index is 4.73. The smallest absolute Gasteiger partial charge is 0.229 e. The molecule has 0 rings (SSSR count). The van der Waals surface area contributed by atoms with Crippen LogP contribution in [0.4, 0.5) is 0 Å². The average Bonchev–Trinajstić information content (AvgIpc) is 1.86. The predicted octanol–water partition coefficient (Wildman–Crippen LogP) is -2.12. The van der Waals surface area contributed by atoms with Crippen LogP contribution in [0.15, 0.2) is 10.5 Å². The molecule has 0 aromatic carbocycles. The first kappa shape index (κ1) is 10.6. The predicted molar refractivity (Wildman–Crippen MR) is 49.3 cm³/mol. The maximum atomic E-state index is 11.0. The van der Waals surface area contributed by atoms with Crippen molar-refractivity contribution in [1.29, 1.82) is 0 Å². The summed E-state index contributed by atoms with van der Waals surface area (Å²) in [6.07, 6.45) is 0. The van der Waals surface area contributed by atoms with Crippen LogP contribution in [0.5, 0.6) is 0 Å². The normalized spacial score (nSPS) is 14.3. The van der Waals surface area contributed by atoms with E-state index in [-0.39, 0.29) is 10.5 Å². The summed E-state index contributed by atoms with van der Waals surface area (Å²) in [5, 5.41) is 8.84.